The first-order chi connectivity index (χ1) is 13.7. The zero-order valence-electron chi connectivity index (χ0n) is 18.2. The van der Waals surface area contributed by atoms with Crippen LogP contribution < -0.4 is 4.74 Å². The van der Waals surface area contributed by atoms with Crippen molar-refractivity contribution in [2.45, 2.75) is 53.4 Å². The standard InChI is InChI=1S/C25H31NO3/c1-7-29-25-21(17(4)5)13-20(16(2)3)14-22(25)23-15-26-11-10-19(23)9-8-18(6)12-24(27)28/h8-17H,7H2,1-6H3,(H,27,28)/b9-8+,18-12+. The van der Waals surface area contributed by atoms with Crippen molar-refractivity contribution in [2.75, 3.05) is 6.61 Å². The first-order valence-corrected chi connectivity index (χ1v) is 10.1. The Morgan fingerprint density at radius 3 is 2.48 bits per heavy atom. The molecule has 0 fully saturated rings. The van der Waals surface area contributed by atoms with E-state index in [1.165, 1.54) is 17.2 Å². The van der Waals surface area contributed by atoms with Gasteiger partial charge in [-0.15, -0.1) is 0 Å². The average molecular weight is 394 g/mol. The van der Waals surface area contributed by atoms with Gasteiger partial charge in [-0.25, -0.2) is 4.79 Å². The number of ether oxygens (including phenoxy) is 1. The number of aromatic nitrogens is 1. The van der Waals surface area contributed by atoms with Crippen LogP contribution in [0.5, 0.6) is 5.75 Å². The Hall–Kier alpha value is -2.88. The molecule has 154 valence electrons. The van der Waals surface area contributed by atoms with Crippen LogP contribution >= 0.6 is 0 Å². The molecule has 0 saturated carbocycles. The molecule has 2 rings (SSSR count). The number of carboxylic acid groups (broad SMARTS) is 1. The number of hydrogen-bond acceptors (Lipinski definition) is 3. The molecule has 4 heteroatoms. The average Bonchev–Trinajstić information content (AvgIpc) is 2.66. The van der Waals surface area contributed by atoms with Gasteiger partial charge in [0, 0.05) is 29.6 Å². The molecule has 0 aliphatic rings. The van der Waals surface area contributed by atoms with E-state index in [4.69, 9.17) is 9.84 Å². The van der Waals surface area contributed by atoms with Crippen molar-refractivity contribution in [2.24, 2.45) is 0 Å². The molecular weight excluding hydrogens is 362 g/mol. The number of carboxylic acids is 1. The molecule has 0 saturated heterocycles. The molecule has 0 aliphatic heterocycles. The SMILES string of the molecule is CCOc1c(-c2cnccc2/C=C/C(C)=C/C(=O)O)cc(C(C)C)cc1C(C)C. The first-order valence-electron chi connectivity index (χ1n) is 10.1. The third-order valence-corrected chi connectivity index (χ3v) is 4.74. The fourth-order valence-corrected chi connectivity index (χ4v) is 3.18. The van der Waals surface area contributed by atoms with Crippen LogP contribution in [0.4, 0.5) is 0 Å². The second kappa shape index (κ2) is 10.1. The predicted octanol–water partition coefficient (Wildman–Crippen LogP) is 6.44. The zero-order valence-corrected chi connectivity index (χ0v) is 18.2. The van der Waals surface area contributed by atoms with Gasteiger partial charge >= 0.3 is 5.97 Å². The molecular formula is C25H31NO3. The lowest BCUT2D eigenvalue weighted by Gasteiger charge is -2.21. The van der Waals surface area contributed by atoms with Crippen LogP contribution in [-0.4, -0.2) is 22.7 Å². The topological polar surface area (TPSA) is 59.4 Å². The first kappa shape index (κ1) is 22.4. The molecule has 1 aromatic heterocycles. The molecule has 0 aliphatic carbocycles. The van der Waals surface area contributed by atoms with Gasteiger partial charge in [-0.05, 0) is 60.1 Å². The molecule has 1 N–H and O–H groups in total. The number of carbonyl (C=O) groups is 1. The van der Waals surface area contributed by atoms with Gasteiger partial charge in [0.1, 0.15) is 5.75 Å². The summed E-state index contributed by atoms with van der Waals surface area (Å²) in [5, 5.41) is 8.94. The molecule has 0 amide bonds. The van der Waals surface area contributed by atoms with Crippen molar-refractivity contribution in [3.05, 3.63) is 65.0 Å². The Morgan fingerprint density at radius 2 is 1.90 bits per heavy atom. The molecule has 1 heterocycles. The van der Waals surface area contributed by atoms with Crippen molar-refractivity contribution >= 4 is 12.0 Å². The highest BCUT2D eigenvalue weighted by Gasteiger charge is 2.19. The molecule has 4 nitrogen and oxygen atoms in total. The highest BCUT2D eigenvalue weighted by atomic mass is 16.5. The van der Waals surface area contributed by atoms with Crippen molar-refractivity contribution in [3.8, 4) is 16.9 Å². The Balaban J connectivity index is 2.70. The Morgan fingerprint density at radius 1 is 1.17 bits per heavy atom. The Labute approximate surface area is 174 Å². The summed E-state index contributed by atoms with van der Waals surface area (Å²) in [5.41, 5.74) is 6.08. The van der Waals surface area contributed by atoms with Gasteiger partial charge in [0.15, 0.2) is 0 Å². The van der Waals surface area contributed by atoms with E-state index in [1.54, 1.807) is 13.1 Å². The summed E-state index contributed by atoms with van der Waals surface area (Å²) in [6.07, 6.45) is 8.53. The predicted molar refractivity (Wildman–Crippen MR) is 119 cm³/mol. The van der Waals surface area contributed by atoms with E-state index in [0.29, 0.717) is 24.0 Å². The summed E-state index contributed by atoms with van der Waals surface area (Å²) in [4.78, 5) is 15.2. The minimum absolute atomic E-state index is 0.324. The fraction of sp³-hybridized carbons (Fsp3) is 0.360. The summed E-state index contributed by atoms with van der Waals surface area (Å²) in [6, 6.07) is 6.37. The quantitative estimate of drug-likeness (QED) is 0.414. The molecule has 2 aromatic rings. The van der Waals surface area contributed by atoms with Crippen molar-refractivity contribution in [3.63, 3.8) is 0 Å². The fourth-order valence-electron chi connectivity index (χ4n) is 3.18. The summed E-state index contributed by atoms with van der Waals surface area (Å²) in [5.74, 6) is 0.656. The maximum Gasteiger partial charge on any atom is 0.328 e. The number of hydrogen-bond donors (Lipinski definition) is 1. The third kappa shape index (κ3) is 5.80. The summed E-state index contributed by atoms with van der Waals surface area (Å²) in [7, 11) is 0. The number of pyridine rings is 1. The summed E-state index contributed by atoms with van der Waals surface area (Å²) >= 11 is 0. The maximum atomic E-state index is 10.9. The number of allylic oxidation sites excluding steroid dienone is 2. The van der Waals surface area contributed by atoms with Crippen molar-refractivity contribution < 1.29 is 14.6 Å². The van der Waals surface area contributed by atoms with Crippen molar-refractivity contribution in [1.29, 1.82) is 0 Å². The van der Waals surface area contributed by atoms with Crippen molar-refractivity contribution in [1.82, 2.24) is 4.98 Å². The summed E-state index contributed by atoms with van der Waals surface area (Å²) in [6.45, 7) is 13.1. The molecule has 0 bridgehead atoms. The monoisotopic (exact) mass is 393 g/mol. The maximum absolute atomic E-state index is 10.9. The van der Waals surface area contributed by atoms with Crippen LogP contribution in [0, 0.1) is 0 Å². The number of benzene rings is 1. The molecule has 0 spiro atoms. The van der Waals surface area contributed by atoms with Crippen LogP contribution in [0.15, 0.2) is 48.3 Å². The van der Waals surface area contributed by atoms with Gasteiger partial charge in [0.05, 0.1) is 6.61 Å². The Kier molecular flexibility index (Phi) is 7.77. The second-order valence-electron chi connectivity index (χ2n) is 7.75. The van der Waals surface area contributed by atoms with E-state index in [0.717, 1.165) is 22.4 Å². The van der Waals surface area contributed by atoms with Gasteiger partial charge in [0.25, 0.3) is 0 Å². The lowest BCUT2D eigenvalue weighted by molar-refractivity contribution is -0.131. The highest BCUT2D eigenvalue weighted by Crippen LogP contribution is 2.41. The van der Waals surface area contributed by atoms with E-state index in [-0.39, 0.29) is 0 Å². The highest BCUT2D eigenvalue weighted by molar-refractivity contribution is 5.83. The van der Waals surface area contributed by atoms with Gasteiger partial charge in [0.2, 0.25) is 0 Å². The van der Waals surface area contributed by atoms with E-state index in [9.17, 15) is 4.79 Å². The van der Waals surface area contributed by atoms with E-state index in [2.05, 4.69) is 44.8 Å². The van der Waals surface area contributed by atoms with E-state index >= 15 is 0 Å². The normalized spacial score (nSPS) is 12.2. The van der Waals surface area contributed by atoms with Crippen LogP contribution in [0.1, 0.15) is 70.1 Å². The molecule has 0 unspecified atom stereocenters. The van der Waals surface area contributed by atoms with Gasteiger partial charge in [-0.3, -0.25) is 4.98 Å². The third-order valence-electron chi connectivity index (χ3n) is 4.74. The lowest BCUT2D eigenvalue weighted by atomic mass is 9.88. The molecule has 0 radical (unpaired) electrons. The van der Waals surface area contributed by atoms with Crippen LogP contribution in [0.3, 0.4) is 0 Å². The van der Waals surface area contributed by atoms with Gasteiger partial charge in [-0.2, -0.15) is 0 Å². The van der Waals surface area contributed by atoms with Crippen LogP contribution in [0.2, 0.25) is 0 Å². The molecule has 0 atom stereocenters. The molecule has 29 heavy (non-hydrogen) atoms. The lowest BCUT2D eigenvalue weighted by Crippen LogP contribution is -2.04. The Bertz CT molecular complexity index is 924. The number of nitrogens with zero attached hydrogens (tertiary/aromatic N) is 1. The smallest absolute Gasteiger partial charge is 0.328 e. The van der Waals surface area contributed by atoms with Gasteiger partial charge < -0.3 is 9.84 Å². The second-order valence-corrected chi connectivity index (χ2v) is 7.75. The van der Waals surface area contributed by atoms with E-state index < -0.39 is 5.97 Å². The number of aliphatic carboxylic acids is 1. The minimum atomic E-state index is -0.952. The van der Waals surface area contributed by atoms with E-state index in [1.807, 2.05) is 31.3 Å². The molecule has 1 aromatic carbocycles. The largest absolute Gasteiger partial charge is 0.493 e. The van der Waals surface area contributed by atoms with Crippen LogP contribution in [-0.2, 0) is 4.79 Å². The minimum Gasteiger partial charge on any atom is -0.493 e. The summed E-state index contributed by atoms with van der Waals surface area (Å²) < 4.78 is 6.11. The number of rotatable bonds is 8. The zero-order chi connectivity index (χ0) is 21.6. The van der Waals surface area contributed by atoms with Gasteiger partial charge in [-0.1, -0.05) is 45.9 Å². The van der Waals surface area contributed by atoms with Crippen LogP contribution in [0.25, 0.3) is 17.2 Å².